The molecule has 0 bridgehead atoms. The monoisotopic (exact) mass is 1040 g/mol. The molecule has 0 aliphatic heterocycles. The first kappa shape index (κ1) is 71.6. The van der Waals surface area contributed by atoms with Gasteiger partial charge in [-0.25, -0.2) is 0 Å². The first-order chi connectivity index (χ1) is 36.5. The van der Waals surface area contributed by atoms with Crippen molar-refractivity contribution in [3.63, 3.8) is 0 Å². The average molecular weight is 1040 g/mol. The van der Waals surface area contributed by atoms with E-state index in [0.29, 0.717) is 19.3 Å². The highest BCUT2D eigenvalue weighted by molar-refractivity contribution is 5.71. The number of esters is 3. The topological polar surface area (TPSA) is 78.9 Å². The predicted molar refractivity (Wildman–Crippen MR) is 321 cm³/mol. The van der Waals surface area contributed by atoms with Crippen LogP contribution in [0.1, 0.15) is 361 Å². The maximum atomic E-state index is 12.8. The van der Waals surface area contributed by atoms with Crippen LogP contribution in [-0.2, 0) is 28.6 Å². The minimum atomic E-state index is -0.769. The highest BCUT2D eigenvalue weighted by Gasteiger charge is 2.19. The summed E-state index contributed by atoms with van der Waals surface area (Å²) in [5.41, 5.74) is 0. The molecular formula is C68H126O6. The summed E-state index contributed by atoms with van der Waals surface area (Å²) in [6, 6.07) is 0. The lowest BCUT2D eigenvalue weighted by molar-refractivity contribution is -0.167. The molecule has 0 heterocycles. The van der Waals surface area contributed by atoms with Crippen molar-refractivity contribution in [2.75, 3.05) is 13.2 Å². The quantitative estimate of drug-likeness (QED) is 0.0261. The number of ether oxygens (including phenoxy) is 3. The zero-order chi connectivity index (χ0) is 53.6. The summed E-state index contributed by atoms with van der Waals surface area (Å²) in [4.78, 5) is 37.8. The molecule has 0 N–H and O–H groups in total. The van der Waals surface area contributed by atoms with Crippen LogP contribution in [0, 0.1) is 0 Å². The van der Waals surface area contributed by atoms with Gasteiger partial charge in [0.25, 0.3) is 0 Å². The molecule has 0 saturated carbocycles. The molecule has 434 valence electrons. The van der Waals surface area contributed by atoms with Gasteiger partial charge in [0.05, 0.1) is 0 Å². The van der Waals surface area contributed by atoms with Crippen LogP contribution < -0.4 is 0 Å². The molecule has 0 amide bonds. The molecule has 0 fully saturated rings. The molecule has 74 heavy (non-hydrogen) atoms. The minimum Gasteiger partial charge on any atom is -0.462 e. The Morgan fingerprint density at radius 3 is 0.757 bits per heavy atom. The van der Waals surface area contributed by atoms with E-state index in [9.17, 15) is 14.4 Å². The summed E-state index contributed by atoms with van der Waals surface area (Å²) in [5, 5.41) is 0. The molecule has 0 aromatic heterocycles. The number of unbranched alkanes of at least 4 members (excludes halogenated alkanes) is 44. The molecule has 0 aliphatic carbocycles. The lowest BCUT2D eigenvalue weighted by Crippen LogP contribution is -2.30. The molecule has 1 unspecified atom stereocenters. The molecule has 0 spiro atoms. The van der Waals surface area contributed by atoms with Crippen molar-refractivity contribution >= 4 is 17.9 Å². The van der Waals surface area contributed by atoms with E-state index in [4.69, 9.17) is 14.2 Å². The van der Waals surface area contributed by atoms with E-state index in [-0.39, 0.29) is 31.1 Å². The lowest BCUT2D eigenvalue weighted by Gasteiger charge is -2.18. The second-order valence-corrected chi connectivity index (χ2v) is 22.4. The van der Waals surface area contributed by atoms with Gasteiger partial charge in [-0.1, -0.05) is 301 Å². The van der Waals surface area contributed by atoms with Crippen LogP contribution in [0.4, 0.5) is 0 Å². The smallest absolute Gasteiger partial charge is 0.306 e. The van der Waals surface area contributed by atoms with Crippen molar-refractivity contribution < 1.29 is 28.6 Å². The van der Waals surface area contributed by atoms with Crippen molar-refractivity contribution in [2.24, 2.45) is 0 Å². The number of rotatable bonds is 61. The Balaban J connectivity index is 3.86. The number of carbonyl (C=O) groups is 3. The fraction of sp³-hybridized carbons (Fsp3) is 0.868. The normalized spacial score (nSPS) is 12.2. The van der Waals surface area contributed by atoms with Crippen molar-refractivity contribution in [1.29, 1.82) is 0 Å². The van der Waals surface area contributed by atoms with Gasteiger partial charge in [-0.05, 0) is 77.0 Å². The number of carbonyl (C=O) groups excluding carboxylic acids is 3. The Morgan fingerprint density at radius 1 is 0.270 bits per heavy atom. The van der Waals surface area contributed by atoms with Crippen LogP contribution in [0.3, 0.4) is 0 Å². The molecule has 0 radical (unpaired) electrons. The van der Waals surface area contributed by atoms with Crippen LogP contribution in [0.2, 0.25) is 0 Å². The first-order valence-corrected chi connectivity index (χ1v) is 33.0. The van der Waals surface area contributed by atoms with E-state index < -0.39 is 6.10 Å². The van der Waals surface area contributed by atoms with Crippen molar-refractivity contribution in [2.45, 2.75) is 367 Å². The third-order valence-electron chi connectivity index (χ3n) is 14.9. The average Bonchev–Trinajstić information content (AvgIpc) is 3.40. The van der Waals surface area contributed by atoms with Crippen LogP contribution in [0.5, 0.6) is 0 Å². The summed E-state index contributed by atoms with van der Waals surface area (Å²) in [6.07, 6.45) is 78.0. The van der Waals surface area contributed by atoms with Gasteiger partial charge in [-0.2, -0.15) is 0 Å². The van der Waals surface area contributed by atoms with Gasteiger partial charge in [0.15, 0.2) is 6.10 Å². The molecule has 1 atom stereocenters. The highest BCUT2D eigenvalue weighted by Crippen LogP contribution is 2.18. The fourth-order valence-electron chi connectivity index (χ4n) is 9.88. The lowest BCUT2D eigenvalue weighted by atomic mass is 10.0. The van der Waals surface area contributed by atoms with Gasteiger partial charge in [-0.3, -0.25) is 14.4 Å². The van der Waals surface area contributed by atoms with Gasteiger partial charge in [-0.15, -0.1) is 0 Å². The number of hydrogen-bond acceptors (Lipinski definition) is 6. The van der Waals surface area contributed by atoms with Crippen LogP contribution >= 0.6 is 0 Å². The Hall–Kier alpha value is -2.37. The van der Waals surface area contributed by atoms with E-state index in [0.717, 1.165) is 77.0 Å². The van der Waals surface area contributed by atoms with Crippen molar-refractivity contribution in [3.8, 4) is 0 Å². The standard InChI is InChI=1S/C68H126O6/c1-4-7-10-13-15-17-19-21-23-25-26-27-28-29-30-31-32-33-34-35-36-37-38-39-40-41-42-43-45-46-48-50-52-55-58-61-67(70)73-64-65(63-72-66(69)60-57-54-12-9-6-3)74-68(71)62-59-56-53-51-49-47-44-24-22-20-18-16-14-11-8-5-2/h19,21,24-26,44,65H,4-18,20,22-23,27-43,45-64H2,1-3H3/b21-19-,26-25-,44-24-. The van der Waals surface area contributed by atoms with Gasteiger partial charge >= 0.3 is 17.9 Å². The summed E-state index contributed by atoms with van der Waals surface area (Å²) in [5.74, 6) is -0.874. The Bertz CT molecular complexity index is 1240. The zero-order valence-corrected chi connectivity index (χ0v) is 49.9. The zero-order valence-electron chi connectivity index (χ0n) is 49.9. The molecule has 0 rings (SSSR count). The van der Waals surface area contributed by atoms with Crippen molar-refractivity contribution in [3.05, 3.63) is 36.5 Å². The van der Waals surface area contributed by atoms with E-state index in [1.807, 2.05) is 0 Å². The molecule has 0 aliphatic rings. The summed E-state index contributed by atoms with van der Waals surface area (Å²) < 4.78 is 16.8. The second kappa shape index (κ2) is 63.2. The molecule has 6 heteroatoms. The highest BCUT2D eigenvalue weighted by atomic mass is 16.6. The van der Waals surface area contributed by atoms with Gasteiger partial charge < -0.3 is 14.2 Å². The summed E-state index contributed by atoms with van der Waals surface area (Å²) in [6.45, 7) is 6.58. The minimum absolute atomic E-state index is 0.0710. The Morgan fingerprint density at radius 2 is 0.486 bits per heavy atom. The maximum absolute atomic E-state index is 12.8. The fourth-order valence-corrected chi connectivity index (χ4v) is 9.88. The van der Waals surface area contributed by atoms with Crippen LogP contribution in [0.25, 0.3) is 0 Å². The number of hydrogen-bond donors (Lipinski definition) is 0. The van der Waals surface area contributed by atoms with Gasteiger partial charge in [0.1, 0.15) is 13.2 Å². The second-order valence-electron chi connectivity index (χ2n) is 22.4. The SMILES string of the molecule is CCCCCCC/C=C\C/C=C\CCCCCCCCCCCCCCCCCCCCCCCCCC(=O)OCC(COC(=O)CCCCCCC)OC(=O)CCCCCCC/C=C\CCCCCCCCC. The van der Waals surface area contributed by atoms with E-state index in [2.05, 4.69) is 57.2 Å². The summed E-state index contributed by atoms with van der Waals surface area (Å²) in [7, 11) is 0. The van der Waals surface area contributed by atoms with Gasteiger partial charge in [0, 0.05) is 19.3 Å². The maximum Gasteiger partial charge on any atom is 0.306 e. The Labute approximate surface area is 461 Å². The van der Waals surface area contributed by atoms with Gasteiger partial charge in [0.2, 0.25) is 0 Å². The van der Waals surface area contributed by atoms with E-state index >= 15 is 0 Å². The molecule has 0 aromatic rings. The van der Waals surface area contributed by atoms with E-state index in [1.165, 1.54) is 244 Å². The van der Waals surface area contributed by atoms with Crippen molar-refractivity contribution in [1.82, 2.24) is 0 Å². The summed E-state index contributed by atoms with van der Waals surface area (Å²) >= 11 is 0. The Kier molecular flexibility index (Phi) is 61.1. The first-order valence-electron chi connectivity index (χ1n) is 33.0. The molecular weight excluding hydrogens is 913 g/mol. The molecule has 6 nitrogen and oxygen atoms in total. The third kappa shape index (κ3) is 60.5. The largest absolute Gasteiger partial charge is 0.462 e. The third-order valence-corrected chi connectivity index (χ3v) is 14.9. The van der Waals surface area contributed by atoms with Crippen LogP contribution in [-0.4, -0.2) is 37.2 Å². The molecule has 0 saturated heterocycles. The number of allylic oxidation sites excluding steroid dienone is 6. The van der Waals surface area contributed by atoms with E-state index in [1.54, 1.807) is 0 Å². The van der Waals surface area contributed by atoms with Crippen LogP contribution in [0.15, 0.2) is 36.5 Å². The predicted octanol–water partition coefficient (Wildman–Crippen LogP) is 22.4. The molecule has 0 aromatic carbocycles.